The molecule has 0 radical (unpaired) electrons. The largest absolute Gasteiger partial charge is 0.494 e. The molecule has 0 saturated heterocycles. The third-order valence-electron chi connectivity index (χ3n) is 8.87. The van der Waals surface area contributed by atoms with E-state index in [9.17, 15) is 24.3 Å². The second-order valence-electron chi connectivity index (χ2n) is 12.7. The smallest absolute Gasteiger partial charge is 0.276 e. The maximum absolute atomic E-state index is 13.6. The van der Waals surface area contributed by atoms with Crippen LogP contribution < -0.4 is 31.6 Å². The van der Waals surface area contributed by atoms with Crippen LogP contribution in [0.1, 0.15) is 67.7 Å². The van der Waals surface area contributed by atoms with Crippen LogP contribution in [-0.4, -0.2) is 87.7 Å². The first-order valence-electron chi connectivity index (χ1n) is 17.9. The first kappa shape index (κ1) is 40.4. The van der Waals surface area contributed by atoms with Gasteiger partial charge < -0.3 is 35.2 Å². The number of anilines is 2. The van der Waals surface area contributed by atoms with Gasteiger partial charge in [0.2, 0.25) is 23.7 Å². The summed E-state index contributed by atoms with van der Waals surface area (Å²) in [4.78, 5) is 61.1. The molecule has 0 unspecified atom stereocenters. The number of nitrogens with zero attached hydrogens (tertiary/aromatic N) is 8. The number of imidazole rings is 2. The number of hydrogen-bond donors (Lipinski definition) is 5. The van der Waals surface area contributed by atoms with Crippen molar-refractivity contribution in [3.63, 3.8) is 0 Å². The van der Waals surface area contributed by atoms with Crippen LogP contribution >= 0.6 is 22.6 Å². The van der Waals surface area contributed by atoms with Gasteiger partial charge >= 0.3 is 0 Å². The van der Waals surface area contributed by atoms with Gasteiger partial charge in [0.25, 0.3) is 11.8 Å². The van der Waals surface area contributed by atoms with E-state index in [1.54, 1.807) is 37.6 Å². The minimum atomic E-state index is -0.700. The van der Waals surface area contributed by atoms with Gasteiger partial charge in [0.05, 0.1) is 30.4 Å². The zero-order chi connectivity index (χ0) is 41.0. The number of aryl methyl sites for hydroxylation is 3. The fourth-order valence-corrected chi connectivity index (χ4v) is 6.83. The number of hydrogen-bond acceptors (Lipinski definition) is 11. The number of nitrogens with one attached hydrogen (secondary N) is 2. The van der Waals surface area contributed by atoms with Crippen molar-refractivity contribution in [2.75, 3.05) is 31.0 Å². The molecule has 4 aromatic heterocycles. The van der Waals surface area contributed by atoms with Crippen LogP contribution in [0.25, 0.3) is 22.1 Å². The summed E-state index contributed by atoms with van der Waals surface area (Å²) < 4.78 is 18.9. The van der Waals surface area contributed by atoms with E-state index in [4.69, 9.17) is 20.9 Å². The van der Waals surface area contributed by atoms with Crippen molar-refractivity contribution in [1.29, 1.82) is 0 Å². The molecule has 4 amide bonds. The summed E-state index contributed by atoms with van der Waals surface area (Å²) in [5.74, 6) is -1.39. The Bertz CT molecular complexity index is 2550. The number of amides is 4. The number of carbonyl (C=O) groups excluding carboxylic acids is 4. The van der Waals surface area contributed by atoms with Gasteiger partial charge in [-0.05, 0) is 73.7 Å². The number of methoxy groups -OCH3 is 1. The van der Waals surface area contributed by atoms with Crippen LogP contribution in [-0.2, 0) is 26.2 Å². The van der Waals surface area contributed by atoms with E-state index in [-0.39, 0.29) is 55.1 Å². The Morgan fingerprint density at radius 2 is 1.30 bits per heavy atom. The average molecular weight is 893 g/mol. The third kappa shape index (κ3) is 8.45. The van der Waals surface area contributed by atoms with Gasteiger partial charge in [-0.15, -0.1) is 0 Å². The number of allylic oxidation sites excluding steroid dienone is 2. The highest BCUT2D eigenvalue weighted by molar-refractivity contribution is 14.1. The van der Waals surface area contributed by atoms with E-state index in [2.05, 4.69) is 30.8 Å². The number of primary amides is 2. The van der Waals surface area contributed by atoms with Crippen LogP contribution in [0.5, 0.6) is 11.5 Å². The summed E-state index contributed by atoms with van der Waals surface area (Å²) in [7, 11) is 1.45. The van der Waals surface area contributed by atoms with E-state index >= 15 is 0 Å². The lowest BCUT2D eigenvalue weighted by Gasteiger charge is -2.13. The first-order valence-corrected chi connectivity index (χ1v) is 19.0. The molecule has 0 saturated carbocycles. The zero-order valence-electron chi connectivity index (χ0n) is 31.6. The summed E-state index contributed by atoms with van der Waals surface area (Å²) in [6, 6.07) is 9.36. The third-order valence-corrected chi connectivity index (χ3v) is 9.40. The Labute approximate surface area is 339 Å². The maximum atomic E-state index is 13.6. The molecule has 6 aromatic rings. The van der Waals surface area contributed by atoms with Crippen LogP contribution in [0.3, 0.4) is 0 Å². The monoisotopic (exact) mass is 892 g/mol. The lowest BCUT2D eigenvalue weighted by atomic mass is 10.1. The number of carbonyl (C=O) groups is 4. The highest BCUT2D eigenvalue weighted by Gasteiger charge is 2.23. The molecule has 57 heavy (non-hydrogen) atoms. The maximum Gasteiger partial charge on any atom is 0.276 e. The SMILES string of the molecule is CCn1nc(C)cc1C(=O)Nc1nc2cc(C(N)=O)cc(OC)c2n1C/C=C/Cn1c(NC(=O)c2cc(I)nn2CC)nc2cc(C(N)=O)cc(OCCCO)c21. The quantitative estimate of drug-likeness (QED) is 0.0504. The van der Waals surface area contributed by atoms with Gasteiger partial charge in [-0.3, -0.25) is 39.2 Å². The lowest BCUT2D eigenvalue weighted by Crippen LogP contribution is -2.20. The van der Waals surface area contributed by atoms with Gasteiger partial charge in [-0.2, -0.15) is 10.2 Å². The molecule has 298 valence electrons. The summed E-state index contributed by atoms with van der Waals surface area (Å²) in [6.07, 6.45) is 3.95. The Balaban J connectivity index is 1.41. The topological polar surface area (TPSA) is 254 Å². The summed E-state index contributed by atoms with van der Waals surface area (Å²) in [6.45, 7) is 6.76. The molecule has 0 spiro atoms. The van der Waals surface area contributed by atoms with E-state index in [1.165, 1.54) is 31.4 Å². The summed E-state index contributed by atoms with van der Waals surface area (Å²) in [5, 5.41) is 24.0. The van der Waals surface area contributed by atoms with Crippen LogP contribution in [0, 0.1) is 10.6 Å². The standard InChI is InChI=1S/C37H41IN12O7/c1-5-49-25(14-20(3)45-49)34(54)43-36-41-23-15-21(32(39)52)17-27(56-4)30(23)47(36)10-7-8-11-48-31-24(16-22(33(40)53)18-28(31)57-13-9-12-51)42-37(48)44-35(55)26-19-29(38)46-50(26)6-2/h7-8,14-19,51H,5-6,9-13H2,1-4H3,(H2,39,52)(H2,40,53)(H,41,43,54)(H,42,44,55)/b8-7+. The van der Waals surface area contributed by atoms with Gasteiger partial charge in [0.1, 0.15) is 37.6 Å². The second-order valence-corrected chi connectivity index (χ2v) is 13.8. The molecular formula is C37H41IN12O7. The first-order chi connectivity index (χ1) is 27.4. The molecular weight excluding hydrogens is 851 g/mol. The number of benzene rings is 2. The summed E-state index contributed by atoms with van der Waals surface area (Å²) >= 11 is 2.04. The highest BCUT2D eigenvalue weighted by Crippen LogP contribution is 2.33. The van der Waals surface area contributed by atoms with Gasteiger partial charge in [0, 0.05) is 56.4 Å². The number of aliphatic hydroxyl groups is 1. The zero-order valence-corrected chi connectivity index (χ0v) is 33.7. The van der Waals surface area contributed by atoms with Crippen molar-refractivity contribution in [3.8, 4) is 11.5 Å². The molecule has 6 rings (SSSR count). The van der Waals surface area contributed by atoms with E-state index in [0.29, 0.717) is 68.1 Å². The van der Waals surface area contributed by atoms with Crippen molar-refractivity contribution < 1.29 is 33.8 Å². The number of ether oxygens (including phenoxy) is 2. The minimum absolute atomic E-state index is 0.117. The van der Waals surface area contributed by atoms with Crippen LogP contribution in [0.2, 0.25) is 0 Å². The van der Waals surface area contributed by atoms with Gasteiger partial charge in [-0.1, -0.05) is 12.2 Å². The van der Waals surface area contributed by atoms with Crippen molar-refractivity contribution >= 4 is 80.2 Å². The van der Waals surface area contributed by atoms with Crippen molar-refractivity contribution in [2.45, 2.75) is 53.4 Å². The average Bonchev–Trinajstić information content (AvgIpc) is 3.95. The molecule has 20 heteroatoms. The molecule has 2 aromatic carbocycles. The lowest BCUT2D eigenvalue weighted by molar-refractivity contribution is 0.0991. The Kier molecular flexibility index (Phi) is 12.2. The predicted octanol–water partition coefficient (Wildman–Crippen LogP) is 3.46. The Morgan fingerprint density at radius 3 is 1.81 bits per heavy atom. The fourth-order valence-electron chi connectivity index (χ4n) is 6.27. The van der Waals surface area contributed by atoms with E-state index in [1.807, 2.05) is 48.6 Å². The van der Waals surface area contributed by atoms with E-state index < -0.39 is 23.6 Å². The minimum Gasteiger partial charge on any atom is -0.494 e. The van der Waals surface area contributed by atoms with Crippen LogP contribution in [0.4, 0.5) is 11.9 Å². The molecule has 4 heterocycles. The molecule has 7 N–H and O–H groups in total. The van der Waals surface area contributed by atoms with Crippen molar-refractivity contribution in [3.05, 3.63) is 80.5 Å². The number of fused-ring (bicyclic) bond motifs is 2. The molecule has 0 aliphatic carbocycles. The van der Waals surface area contributed by atoms with Gasteiger partial charge in [0.15, 0.2) is 0 Å². The van der Waals surface area contributed by atoms with Crippen molar-refractivity contribution in [1.82, 2.24) is 38.7 Å². The van der Waals surface area contributed by atoms with E-state index in [0.717, 1.165) is 0 Å². The molecule has 0 atom stereocenters. The van der Waals surface area contributed by atoms with Crippen LogP contribution in [0.15, 0.2) is 48.6 Å². The predicted molar refractivity (Wildman–Crippen MR) is 219 cm³/mol. The number of nitrogens with two attached hydrogens (primary N) is 2. The number of halogens is 1. The highest BCUT2D eigenvalue weighted by atomic mass is 127. The second kappa shape index (κ2) is 17.2. The fraction of sp³-hybridized carbons (Fsp3) is 0.297. The number of aliphatic hydroxyl groups excluding tert-OH is 1. The Morgan fingerprint density at radius 1 is 0.789 bits per heavy atom. The molecule has 19 nitrogen and oxygen atoms in total. The normalized spacial score (nSPS) is 11.5. The molecule has 0 bridgehead atoms. The molecule has 0 aliphatic rings. The Hall–Kier alpha value is -6.29. The number of aromatic nitrogens is 8. The van der Waals surface area contributed by atoms with Gasteiger partial charge in [-0.25, -0.2) is 9.97 Å². The molecule has 0 fully saturated rings. The number of rotatable bonds is 17. The summed E-state index contributed by atoms with van der Waals surface area (Å²) in [5.41, 5.74) is 14.5. The molecule has 0 aliphatic heterocycles. The van der Waals surface area contributed by atoms with Crippen molar-refractivity contribution in [2.24, 2.45) is 11.5 Å².